The minimum atomic E-state index is -4.72. The molecule has 3 aromatic rings. The Balaban J connectivity index is 2.00. The Kier molecular flexibility index (Phi) is 5.02. The van der Waals surface area contributed by atoms with Crippen LogP contribution >= 0.6 is 34.5 Å². The summed E-state index contributed by atoms with van der Waals surface area (Å²) < 4.78 is 39.8. The van der Waals surface area contributed by atoms with Crippen molar-refractivity contribution in [3.8, 4) is 0 Å². The van der Waals surface area contributed by atoms with Crippen LogP contribution in [0.2, 0.25) is 10.0 Å². The molecule has 0 aliphatic carbocycles. The molecule has 27 heavy (non-hydrogen) atoms. The van der Waals surface area contributed by atoms with Crippen LogP contribution in [0.4, 0.5) is 24.5 Å². The average Bonchev–Trinajstić information content (AvgIpc) is 2.92. The van der Waals surface area contributed by atoms with Crippen molar-refractivity contribution in [2.45, 2.75) is 6.18 Å². The second-order valence-corrected chi connectivity index (χ2v) is 7.19. The number of nitrogens with one attached hydrogen (secondary N) is 1. The highest BCUT2D eigenvalue weighted by atomic mass is 35.5. The third kappa shape index (κ3) is 3.85. The van der Waals surface area contributed by atoms with Gasteiger partial charge in [0.1, 0.15) is 4.88 Å². The molecule has 0 aliphatic heterocycles. The SMILES string of the molecule is O=C(Nc1ccc(Cl)cc1C(F)(F)F)c1sc2cc([N+](=O)[O-])ccc2c1Cl. The van der Waals surface area contributed by atoms with Gasteiger partial charge in [0, 0.05) is 27.2 Å². The quantitative estimate of drug-likeness (QED) is 0.383. The minimum Gasteiger partial charge on any atom is -0.321 e. The van der Waals surface area contributed by atoms with E-state index in [0.29, 0.717) is 16.2 Å². The van der Waals surface area contributed by atoms with E-state index in [-0.39, 0.29) is 20.6 Å². The first-order valence-electron chi connectivity index (χ1n) is 7.12. The molecule has 3 rings (SSSR count). The Bertz CT molecular complexity index is 1080. The highest BCUT2D eigenvalue weighted by Gasteiger charge is 2.34. The molecule has 0 unspecified atom stereocenters. The Morgan fingerprint density at radius 2 is 1.85 bits per heavy atom. The van der Waals surface area contributed by atoms with Gasteiger partial charge in [-0.2, -0.15) is 13.2 Å². The van der Waals surface area contributed by atoms with Crippen LogP contribution in [0, 0.1) is 10.1 Å². The molecule has 140 valence electrons. The van der Waals surface area contributed by atoms with Gasteiger partial charge in [-0.05, 0) is 24.3 Å². The fourth-order valence-electron chi connectivity index (χ4n) is 2.35. The summed E-state index contributed by atoms with van der Waals surface area (Å²) in [5.41, 5.74) is -1.77. The van der Waals surface area contributed by atoms with Crippen LogP contribution in [0.5, 0.6) is 0 Å². The fraction of sp³-hybridized carbons (Fsp3) is 0.0625. The fourth-order valence-corrected chi connectivity index (χ4v) is 3.97. The van der Waals surface area contributed by atoms with Crippen LogP contribution in [-0.4, -0.2) is 10.8 Å². The number of carbonyl (C=O) groups excluding carboxylic acids is 1. The maximum Gasteiger partial charge on any atom is 0.418 e. The van der Waals surface area contributed by atoms with Crippen molar-refractivity contribution in [1.82, 2.24) is 0 Å². The van der Waals surface area contributed by atoms with Gasteiger partial charge in [0.05, 0.1) is 21.2 Å². The topological polar surface area (TPSA) is 72.2 Å². The average molecular weight is 435 g/mol. The first-order chi connectivity index (χ1) is 12.6. The van der Waals surface area contributed by atoms with Gasteiger partial charge in [0.15, 0.2) is 0 Å². The lowest BCUT2D eigenvalue weighted by Crippen LogP contribution is -2.16. The molecule has 1 heterocycles. The van der Waals surface area contributed by atoms with Gasteiger partial charge < -0.3 is 5.32 Å². The summed E-state index contributed by atoms with van der Waals surface area (Å²) in [4.78, 5) is 22.7. The van der Waals surface area contributed by atoms with E-state index < -0.39 is 28.3 Å². The third-order valence-electron chi connectivity index (χ3n) is 3.57. The maximum absolute atomic E-state index is 13.2. The lowest BCUT2D eigenvalue weighted by Gasteiger charge is -2.13. The van der Waals surface area contributed by atoms with Crippen molar-refractivity contribution in [1.29, 1.82) is 0 Å². The summed E-state index contributed by atoms with van der Waals surface area (Å²) in [5.74, 6) is -0.864. The molecule has 0 bridgehead atoms. The Morgan fingerprint density at radius 1 is 1.15 bits per heavy atom. The van der Waals surface area contributed by atoms with Crippen molar-refractivity contribution in [3.63, 3.8) is 0 Å². The normalized spacial score (nSPS) is 11.6. The number of amides is 1. The lowest BCUT2D eigenvalue weighted by molar-refractivity contribution is -0.384. The summed E-state index contributed by atoms with van der Waals surface area (Å²) in [6.07, 6.45) is -4.72. The monoisotopic (exact) mass is 434 g/mol. The zero-order chi connectivity index (χ0) is 19.9. The number of alkyl halides is 3. The lowest BCUT2D eigenvalue weighted by atomic mass is 10.1. The van der Waals surface area contributed by atoms with Gasteiger partial charge in [-0.25, -0.2) is 0 Å². The van der Waals surface area contributed by atoms with Gasteiger partial charge in [-0.15, -0.1) is 11.3 Å². The van der Waals surface area contributed by atoms with Crippen LogP contribution in [0.1, 0.15) is 15.2 Å². The number of nitro groups is 1. The molecule has 1 N–H and O–H groups in total. The van der Waals surface area contributed by atoms with Gasteiger partial charge in [0.25, 0.3) is 11.6 Å². The minimum absolute atomic E-state index is 0.00456. The number of thiophene rings is 1. The zero-order valence-corrected chi connectivity index (χ0v) is 15.3. The number of halogens is 5. The Hall–Kier alpha value is -2.36. The van der Waals surface area contributed by atoms with E-state index in [1.54, 1.807) is 0 Å². The highest BCUT2D eigenvalue weighted by molar-refractivity contribution is 7.21. The van der Waals surface area contributed by atoms with Crippen molar-refractivity contribution in [2.75, 3.05) is 5.32 Å². The van der Waals surface area contributed by atoms with Crippen molar-refractivity contribution >= 4 is 61.9 Å². The molecule has 0 saturated heterocycles. The molecule has 0 radical (unpaired) electrons. The van der Waals surface area contributed by atoms with E-state index in [9.17, 15) is 28.1 Å². The molecule has 1 amide bonds. The van der Waals surface area contributed by atoms with Crippen molar-refractivity contribution in [3.05, 3.63) is 67.0 Å². The van der Waals surface area contributed by atoms with E-state index in [2.05, 4.69) is 5.32 Å². The van der Waals surface area contributed by atoms with Gasteiger partial charge in [0.2, 0.25) is 0 Å². The molecular weight excluding hydrogens is 428 g/mol. The number of fused-ring (bicyclic) bond motifs is 1. The molecule has 2 aromatic carbocycles. The molecule has 11 heteroatoms. The van der Waals surface area contributed by atoms with Crippen LogP contribution in [-0.2, 0) is 6.18 Å². The smallest absolute Gasteiger partial charge is 0.321 e. The predicted octanol–water partition coefficient (Wildman–Crippen LogP) is 6.39. The predicted molar refractivity (Wildman–Crippen MR) is 97.9 cm³/mol. The number of hydrogen-bond donors (Lipinski definition) is 1. The van der Waals surface area contributed by atoms with E-state index in [1.807, 2.05) is 0 Å². The third-order valence-corrected chi connectivity index (χ3v) is 5.46. The first kappa shape index (κ1) is 19.4. The summed E-state index contributed by atoms with van der Waals surface area (Å²) in [6, 6.07) is 6.80. The van der Waals surface area contributed by atoms with Gasteiger partial charge >= 0.3 is 6.18 Å². The number of anilines is 1. The molecular formula is C16H7Cl2F3N2O3S. The Labute approximate surface area is 163 Å². The summed E-state index contributed by atoms with van der Waals surface area (Å²) in [6.45, 7) is 0. The van der Waals surface area contributed by atoms with E-state index in [1.165, 1.54) is 24.3 Å². The summed E-state index contributed by atoms with van der Waals surface area (Å²) >= 11 is 12.6. The molecule has 0 spiro atoms. The van der Waals surface area contributed by atoms with Crippen molar-refractivity contribution < 1.29 is 22.9 Å². The molecule has 0 saturated carbocycles. The van der Waals surface area contributed by atoms with E-state index >= 15 is 0 Å². The first-order valence-corrected chi connectivity index (χ1v) is 8.69. The maximum atomic E-state index is 13.2. The second-order valence-electron chi connectivity index (χ2n) is 5.32. The number of rotatable bonds is 3. The number of nitro benzene ring substituents is 1. The van der Waals surface area contributed by atoms with E-state index in [0.717, 1.165) is 17.4 Å². The zero-order valence-electron chi connectivity index (χ0n) is 12.9. The molecule has 0 fully saturated rings. The molecule has 0 aliphatic rings. The van der Waals surface area contributed by atoms with E-state index in [4.69, 9.17) is 23.2 Å². The number of carbonyl (C=O) groups is 1. The Morgan fingerprint density at radius 3 is 2.48 bits per heavy atom. The molecule has 1 aromatic heterocycles. The number of nitrogens with zero attached hydrogens (tertiary/aromatic N) is 1. The van der Waals surface area contributed by atoms with Crippen LogP contribution < -0.4 is 5.32 Å². The van der Waals surface area contributed by atoms with Crippen LogP contribution in [0.25, 0.3) is 10.1 Å². The standard InChI is InChI=1S/C16H7Cl2F3N2O3S/c17-7-1-4-11(10(5-7)16(19,20)21)22-15(24)14-13(18)9-3-2-8(23(25)26)6-12(9)27-14/h1-6H,(H,22,24). The molecule has 0 atom stereocenters. The second kappa shape index (κ2) is 6.99. The van der Waals surface area contributed by atoms with Gasteiger partial charge in [-0.3, -0.25) is 14.9 Å². The number of hydrogen-bond acceptors (Lipinski definition) is 4. The van der Waals surface area contributed by atoms with Crippen LogP contribution in [0.15, 0.2) is 36.4 Å². The largest absolute Gasteiger partial charge is 0.418 e. The number of non-ortho nitro benzene ring substituents is 1. The van der Waals surface area contributed by atoms with Crippen molar-refractivity contribution in [2.24, 2.45) is 0 Å². The van der Waals surface area contributed by atoms with Gasteiger partial charge in [-0.1, -0.05) is 23.2 Å². The number of benzene rings is 2. The summed E-state index contributed by atoms with van der Waals surface area (Å²) in [5, 5.41) is 13.3. The summed E-state index contributed by atoms with van der Waals surface area (Å²) in [7, 11) is 0. The highest BCUT2D eigenvalue weighted by Crippen LogP contribution is 2.39. The molecule has 5 nitrogen and oxygen atoms in total. The van der Waals surface area contributed by atoms with Crippen LogP contribution in [0.3, 0.4) is 0 Å².